The normalized spacial score (nSPS) is 11.5. The SMILES string of the molecule is O=C(Nc1cccc(C(F)(F)F)c1)Nc1ccc(Oc2ncnc3[nH]ccc23)c2cccnc12. The first-order valence-corrected chi connectivity index (χ1v) is 9.97. The third kappa shape index (κ3) is 4.18. The van der Waals surface area contributed by atoms with Crippen molar-refractivity contribution in [3.8, 4) is 11.6 Å². The fraction of sp³-hybridized carbons (Fsp3) is 0.0435. The van der Waals surface area contributed by atoms with Crippen molar-refractivity contribution >= 4 is 39.3 Å². The highest BCUT2D eigenvalue weighted by molar-refractivity contribution is 6.06. The molecule has 11 heteroatoms. The molecule has 0 radical (unpaired) electrons. The maximum absolute atomic E-state index is 12.9. The standard InChI is InChI=1S/C23H15F3N6O2/c24-23(25,26)13-3-1-4-14(11-13)31-22(33)32-17-6-7-18(15-5-2-9-27-19(15)17)34-21-16-8-10-28-20(16)29-12-30-21/h1-12H,(H,28,29,30)(H2,31,32,33). The van der Waals surface area contributed by atoms with Crippen molar-refractivity contribution in [2.75, 3.05) is 10.6 Å². The summed E-state index contributed by atoms with van der Waals surface area (Å²) in [6, 6.07) is 12.2. The first kappa shape index (κ1) is 21.2. The highest BCUT2D eigenvalue weighted by Crippen LogP contribution is 2.35. The molecule has 0 aliphatic heterocycles. The molecule has 0 saturated carbocycles. The monoisotopic (exact) mass is 464 g/mol. The fourth-order valence-corrected chi connectivity index (χ4v) is 3.43. The predicted molar refractivity (Wildman–Crippen MR) is 120 cm³/mol. The minimum atomic E-state index is -4.51. The van der Waals surface area contributed by atoms with E-state index in [9.17, 15) is 18.0 Å². The Bertz CT molecular complexity index is 1520. The van der Waals surface area contributed by atoms with Gasteiger partial charge in [-0.3, -0.25) is 4.98 Å². The smallest absolute Gasteiger partial charge is 0.416 e. The molecule has 3 N–H and O–H groups in total. The molecule has 34 heavy (non-hydrogen) atoms. The van der Waals surface area contributed by atoms with Gasteiger partial charge in [0, 0.05) is 23.5 Å². The van der Waals surface area contributed by atoms with E-state index < -0.39 is 17.8 Å². The van der Waals surface area contributed by atoms with Crippen LogP contribution in [0.2, 0.25) is 0 Å². The maximum atomic E-state index is 12.9. The van der Waals surface area contributed by atoms with Gasteiger partial charge in [0.25, 0.3) is 0 Å². The van der Waals surface area contributed by atoms with E-state index in [4.69, 9.17) is 4.74 Å². The highest BCUT2D eigenvalue weighted by Gasteiger charge is 2.30. The number of H-pyrrole nitrogens is 1. The molecular formula is C23H15F3N6O2. The molecule has 5 rings (SSSR count). The van der Waals surface area contributed by atoms with Gasteiger partial charge in [0.15, 0.2) is 0 Å². The summed E-state index contributed by atoms with van der Waals surface area (Å²) in [6.07, 6.45) is 0.140. The Morgan fingerprint density at radius 3 is 2.68 bits per heavy atom. The van der Waals surface area contributed by atoms with Gasteiger partial charge >= 0.3 is 12.2 Å². The number of hydrogen-bond acceptors (Lipinski definition) is 5. The topological polar surface area (TPSA) is 105 Å². The van der Waals surface area contributed by atoms with Crippen LogP contribution < -0.4 is 15.4 Å². The van der Waals surface area contributed by atoms with Gasteiger partial charge in [-0.05, 0) is 48.5 Å². The Balaban J connectivity index is 1.41. The van der Waals surface area contributed by atoms with Gasteiger partial charge < -0.3 is 20.4 Å². The largest absolute Gasteiger partial charge is 0.437 e. The average Bonchev–Trinajstić information content (AvgIpc) is 3.30. The van der Waals surface area contributed by atoms with Crippen LogP contribution in [0.3, 0.4) is 0 Å². The minimum Gasteiger partial charge on any atom is -0.437 e. The van der Waals surface area contributed by atoms with E-state index in [2.05, 4.69) is 30.6 Å². The fourth-order valence-electron chi connectivity index (χ4n) is 3.43. The molecule has 0 unspecified atom stereocenters. The van der Waals surface area contributed by atoms with E-state index in [1.807, 2.05) is 0 Å². The quantitative estimate of drug-likeness (QED) is 0.304. The number of nitrogens with zero attached hydrogens (tertiary/aromatic N) is 3. The zero-order valence-corrected chi connectivity index (χ0v) is 17.2. The molecule has 170 valence electrons. The molecule has 0 fully saturated rings. The van der Waals surface area contributed by atoms with Crippen molar-refractivity contribution in [2.24, 2.45) is 0 Å². The van der Waals surface area contributed by atoms with E-state index in [0.29, 0.717) is 39.3 Å². The molecule has 2 aromatic carbocycles. The van der Waals surface area contributed by atoms with Gasteiger partial charge in [-0.1, -0.05) is 6.07 Å². The molecule has 0 bridgehead atoms. The molecule has 0 saturated heterocycles. The van der Waals surface area contributed by atoms with Gasteiger partial charge in [0.05, 0.1) is 22.2 Å². The molecule has 5 aromatic rings. The average molecular weight is 464 g/mol. The van der Waals surface area contributed by atoms with Crippen molar-refractivity contribution in [3.05, 3.63) is 78.9 Å². The molecule has 2 amide bonds. The van der Waals surface area contributed by atoms with Crippen LogP contribution in [0.1, 0.15) is 5.56 Å². The first-order valence-electron chi connectivity index (χ1n) is 9.97. The van der Waals surface area contributed by atoms with Crippen LogP contribution in [0.15, 0.2) is 73.3 Å². The summed E-state index contributed by atoms with van der Waals surface area (Å²) in [6.45, 7) is 0. The number of urea groups is 1. The van der Waals surface area contributed by atoms with Gasteiger partial charge in [0.2, 0.25) is 5.88 Å². The number of fused-ring (bicyclic) bond motifs is 2. The van der Waals surface area contributed by atoms with E-state index in [0.717, 1.165) is 12.1 Å². The molecule has 0 aliphatic rings. The number of carbonyl (C=O) groups excluding carboxylic acids is 1. The van der Waals surface area contributed by atoms with Crippen LogP contribution in [0.4, 0.5) is 29.3 Å². The Kier molecular flexibility index (Phi) is 5.21. The van der Waals surface area contributed by atoms with E-state index in [1.54, 1.807) is 42.7 Å². The van der Waals surface area contributed by atoms with Gasteiger partial charge in [-0.25, -0.2) is 14.8 Å². The Hall–Kier alpha value is -4.67. The number of halogens is 3. The van der Waals surface area contributed by atoms with Crippen LogP contribution in [0.25, 0.3) is 21.9 Å². The van der Waals surface area contributed by atoms with Crippen LogP contribution >= 0.6 is 0 Å². The lowest BCUT2D eigenvalue weighted by atomic mass is 10.1. The zero-order chi connectivity index (χ0) is 23.7. The Morgan fingerprint density at radius 1 is 0.941 bits per heavy atom. The minimum absolute atomic E-state index is 0.00354. The number of anilines is 2. The molecule has 3 aromatic heterocycles. The van der Waals surface area contributed by atoms with Crippen LogP contribution in [0, 0.1) is 0 Å². The number of carbonyl (C=O) groups is 1. The third-order valence-corrected chi connectivity index (χ3v) is 4.95. The molecular weight excluding hydrogens is 449 g/mol. The van der Waals surface area contributed by atoms with Gasteiger partial charge in [-0.15, -0.1) is 0 Å². The number of nitrogens with one attached hydrogen (secondary N) is 3. The van der Waals surface area contributed by atoms with Crippen molar-refractivity contribution < 1.29 is 22.7 Å². The second-order valence-electron chi connectivity index (χ2n) is 7.19. The summed E-state index contributed by atoms with van der Waals surface area (Å²) >= 11 is 0. The van der Waals surface area contributed by atoms with Crippen molar-refractivity contribution in [3.63, 3.8) is 0 Å². The number of aromatic amines is 1. The number of benzene rings is 2. The lowest BCUT2D eigenvalue weighted by molar-refractivity contribution is -0.137. The van der Waals surface area contributed by atoms with E-state index in [-0.39, 0.29) is 5.69 Å². The summed E-state index contributed by atoms with van der Waals surface area (Å²) in [5.74, 6) is 0.799. The van der Waals surface area contributed by atoms with Crippen LogP contribution in [0.5, 0.6) is 11.6 Å². The number of alkyl halides is 3. The summed E-state index contributed by atoms with van der Waals surface area (Å²) in [5.41, 5.74) is 0.543. The highest BCUT2D eigenvalue weighted by atomic mass is 19.4. The second kappa shape index (κ2) is 8.35. The lowest BCUT2D eigenvalue weighted by Crippen LogP contribution is -2.20. The number of aromatic nitrogens is 4. The third-order valence-electron chi connectivity index (χ3n) is 4.95. The van der Waals surface area contributed by atoms with E-state index in [1.165, 1.54) is 18.5 Å². The molecule has 3 heterocycles. The summed E-state index contributed by atoms with van der Waals surface area (Å²) in [7, 11) is 0. The van der Waals surface area contributed by atoms with E-state index >= 15 is 0 Å². The number of amides is 2. The molecule has 0 spiro atoms. The van der Waals surface area contributed by atoms with Gasteiger partial charge in [-0.2, -0.15) is 13.2 Å². The first-order chi connectivity index (χ1) is 16.4. The number of ether oxygens (including phenoxy) is 1. The van der Waals surface area contributed by atoms with Crippen molar-refractivity contribution in [1.82, 2.24) is 19.9 Å². The van der Waals surface area contributed by atoms with Crippen molar-refractivity contribution in [1.29, 1.82) is 0 Å². The van der Waals surface area contributed by atoms with Crippen molar-refractivity contribution in [2.45, 2.75) is 6.18 Å². The zero-order valence-electron chi connectivity index (χ0n) is 17.2. The predicted octanol–water partition coefficient (Wildman–Crippen LogP) is 5.96. The second-order valence-corrected chi connectivity index (χ2v) is 7.19. The number of rotatable bonds is 4. The maximum Gasteiger partial charge on any atom is 0.416 e. The molecule has 8 nitrogen and oxygen atoms in total. The summed E-state index contributed by atoms with van der Waals surface area (Å²) < 4.78 is 44.8. The number of hydrogen-bond donors (Lipinski definition) is 3. The Morgan fingerprint density at radius 2 is 1.82 bits per heavy atom. The Labute approximate surface area is 189 Å². The molecule has 0 aliphatic carbocycles. The van der Waals surface area contributed by atoms with Crippen LogP contribution in [-0.2, 0) is 6.18 Å². The molecule has 0 atom stereocenters. The van der Waals surface area contributed by atoms with Gasteiger partial charge in [0.1, 0.15) is 17.7 Å². The lowest BCUT2D eigenvalue weighted by Gasteiger charge is -2.13. The van der Waals surface area contributed by atoms with Crippen LogP contribution in [-0.4, -0.2) is 26.0 Å². The number of pyridine rings is 1. The summed E-state index contributed by atoms with van der Waals surface area (Å²) in [4.78, 5) is 28.1. The summed E-state index contributed by atoms with van der Waals surface area (Å²) in [5, 5.41) is 6.33.